The van der Waals surface area contributed by atoms with E-state index in [-0.39, 0.29) is 31.1 Å². The van der Waals surface area contributed by atoms with Gasteiger partial charge in [0.2, 0.25) is 0 Å². The molecule has 16 nitrogen and oxygen atoms in total. The summed E-state index contributed by atoms with van der Waals surface area (Å²) in [6, 6.07) is 0. The molecule has 8 saturated carbocycles. The van der Waals surface area contributed by atoms with Crippen LogP contribution in [0.2, 0.25) is 0 Å². The Morgan fingerprint density at radius 3 is 0.235 bits per heavy atom. The van der Waals surface area contributed by atoms with Crippen LogP contribution in [0.15, 0.2) is 0 Å². The van der Waals surface area contributed by atoms with Crippen LogP contribution in [0, 0.1) is 126 Å². The molecule has 0 aromatic rings. The van der Waals surface area contributed by atoms with Crippen molar-refractivity contribution in [1.29, 1.82) is 0 Å². The SMILES string of the molecule is C1CCC2C3NC(NC4NC(NC5NC(NC6NC(N3)C3CCCCC63)C3CCCCC53)C3CCCCC43)C2C1.C1CCC2C3NC(NC4NC(NC5NC(NC6NC(N3)C3CCCCC63)C3CCCCC53)C3CCCCC43)C2C1.[U]. The van der Waals surface area contributed by atoms with Gasteiger partial charge in [-0.1, -0.05) is 103 Å². The molecule has 0 radical (unpaired) electrons. The average Bonchev–Trinajstić information content (AvgIpc) is 4.47. The molecule has 10 heterocycles. The van der Waals surface area contributed by atoms with E-state index in [1.165, 1.54) is 205 Å². The van der Waals surface area contributed by atoms with E-state index in [0.29, 0.717) is 98.7 Å². The van der Waals surface area contributed by atoms with Gasteiger partial charge in [0.05, 0.1) is 98.7 Å². The van der Waals surface area contributed by atoms with Gasteiger partial charge in [-0.15, -0.1) is 0 Å². The van der Waals surface area contributed by atoms with Crippen LogP contribution in [-0.4, -0.2) is 98.7 Å². The second-order valence-corrected chi connectivity index (χ2v) is 31.2. The van der Waals surface area contributed by atoms with Crippen LogP contribution < -0.4 is 85.1 Å². The van der Waals surface area contributed by atoms with Crippen molar-refractivity contribution in [1.82, 2.24) is 85.1 Å². The summed E-state index contributed by atoms with van der Waals surface area (Å²) in [4.78, 5) is 0. The molecule has 16 atom stereocenters. The number of rotatable bonds is 0. The summed E-state index contributed by atoms with van der Waals surface area (Å²) in [5, 5.41) is 67.6. The third-order valence-electron chi connectivity index (χ3n) is 27.6. The summed E-state index contributed by atoms with van der Waals surface area (Å²) < 4.78 is 0. The quantitative estimate of drug-likeness (QED) is 0.151. The van der Waals surface area contributed by atoms with Crippen molar-refractivity contribution in [2.75, 3.05) is 0 Å². The number of fused-ring (bicyclic) bond motifs is 40. The monoisotopic (exact) mass is 1340 g/mol. The van der Waals surface area contributed by atoms with Gasteiger partial charge < -0.3 is 0 Å². The smallest absolute Gasteiger partial charge is 0.0628 e. The Kier molecular flexibility index (Phi) is 17.0. The van der Waals surface area contributed by atoms with Crippen molar-refractivity contribution in [2.24, 2.45) is 94.7 Å². The first-order valence-corrected chi connectivity index (χ1v) is 35.8. The fourth-order valence-electron chi connectivity index (χ4n) is 23.9. The maximum atomic E-state index is 4.26. The molecule has 0 spiro atoms. The number of hydrogen-bond acceptors (Lipinski definition) is 16. The van der Waals surface area contributed by atoms with Crippen LogP contribution in [0.4, 0.5) is 0 Å². The van der Waals surface area contributed by atoms with Crippen LogP contribution in [0.1, 0.15) is 205 Å². The average molecular weight is 1340 g/mol. The molecule has 8 aliphatic carbocycles. The molecule has 18 rings (SSSR count). The van der Waals surface area contributed by atoms with Gasteiger partial charge in [-0.3, -0.25) is 85.1 Å². The Morgan fingerprint density at radius 2 is 0.173 bits per heavy atom. The van der Waals surface area contributed by atoms with E-state index in [9.17, 15) is 0 Å². The minimum absolute atomic E-state index is 0. The minimum Gasteiger partial charge on any atom is -0.286 e. The second-order valence-electron chi connectivity index (χ2n) is 31.2. The second kappa shape index (κ2) is 24.3. The molecule has 10 saturated heterocycles. The zero-order valence-corrected chi connectivity index (χ0v) is 53.8. The van der Waals surface area contributed by atoms with Gasteiger partial charge in [0, 0.05) is 31.1 Å². The van der Waals surface area contributed by atoms with E-state index in [4.69, 9.17) is 0 Å². The van der Waals surface area contributed by atoms with Gasteiger partial charge in [-0.2, -0.15) is 0 Å². The first kappa shape index (κ1) is 56.6. The molecular formula is C64H112N16U. The van der Waals surface area contributed by atoms with Gasteiger partial charge in [0.25, 0.3) is 0 Å². The molecule has 17 heteroatoms. The van der Waals surface area contributed by atoms with Gasteiger partial charge in [-0.25, -0.2) is 0 Å². The van der Waals surface area contributed by atoms with Gasteiger partial charge in [-0.05, 0) is 197 Å². The molecule has 0 aromatic carbocycles. The molecule has 18 fully saturated rings. The van der Waals surface area contributed by atoms with Crippen molar-refractivity contribution in [3.63, 3.8) is 0 Å². The fourth-order valence-corrected chi connectivity index (χ4v) is 23.9. The predicted molar refractivity (Wildman–Crippen MR) is 314 cm³/mol. The van der Waals surface area contributed by atoms with E-state index in [2.05, 4.69) is 85.1 Å². The van der Waals surface area contributed by atoms with E-state index in [1.807, 2.05) is 0 Å². The normalized spacial score (nSPS) is 56.9. The Morgan fingerprint density at radius 1 is 0.111 bits per heavy atom. The van der Waals surface area contributed by atoms with E-state index in [0.717, 1.165) is 94.7 Å². The molecule has 16 N–H and O–H groups in total. The first-order chi connectivity index (χ1) is 39.6. The zero-order chi connectivity index (χ0) is 52.4. The molecule has 0 amide bonds. The third kappa shape index (κ3) is 10.6. The third-order valence-corrected chi connectivity index (χ3v) is 27.6. The van der Waals surface area contributed by atoms with Crippen molar-refractivity contribution in [3.05, 3.63) is 0 Å². The minimum atomic E-state index is 0. The summed E-state index contributed by atoms with van der Waals surface area (Å²) in [7, 11) is 0. The summed E-state index contributed by atoms with van der Waals surface area (Å²) in [5.74, 6) is 11.9. The number of hydrogen-bond donors (Lipinski definition) is 16. The van der Waals surface area contributed by atoms with E-state index >= 15 is 0 Å². The van der Waals surface area contributed by atoms with E-state index < -0.39 is 0 Å². The van der Waals surface area contributed by atoms with Gasteiger partial charge in [0.15, 0.2) is 0 Å². The first-order valence-electron chi connectivity index (χ1n) is 35.8. The van der Waals surface area contributed by atoms with Crippen LogP contribution in [0.25, 0.3) is 0 Å². The Hall–Kier alpha value is 0.412. The van der Waals surface area contributed by atoms with Crippen molar-refractivity contribution in [3.8, 4) is 0 Å². The molecule has 16 bridgehead atoms. The van der Waals surface area contributed by atoms with Crippen LogP contribution in [0.5, 0.6) is 0 Å². The maximum absolute atomic E-state index is 4.26. The maximum Gasteiger partial charge on any atom is 0.0628 e. The van der Waals surface area contributed by atoms with Crippen LogP contribution >= 0.6 is 0 Å². The van der Waals surface area contributed by atoms with Crippen molar-refractivity contribution in [2.45, 2.75) is 304 Å². The van der Waals surface area contributed by atoms with Crippen LogP contribution in [-0.2, 0) is 0 Å². The molecule has 10 aliphatic heterocycles. The largest absolute Gasteiger partial charge is 0.286 e. The summed E-state index contributed by atoms with van der Waals surface area (Å²) in [6.07, 6.45) is 51.1. The molecule has 0 aromatic heterocycles. The Bertz CT molecular complexity index is 1570. The van der Waals surface area contributed by atoms with E-state index in [1.54, 1.807) is 0 Å². The van der Waals surface area contributed by atoms with Gasteiger partial charge in [0.1, 0.15) is 0 Å². The summed E-state index contributed by atoms with van der Waals surface area (Å²) in [6.45, 7) is 0. The zero-order valence-electron chi connectivity index (χ0n) is 49.6. The van der Waals surface area contributed by atoms with Crippen LogP contribution in [0.3, 0.4) is 0 Å². The standard InChI is InChI=1S/2C32H56N8.U/c2*1-2-10-18-17(9-1)25-33-26(18)38-28-21-13-5-6-14-22(21)30(35-28)40-32-24-16-8-7-15-23(24)31(36-32)39-29-20-12-4-3-11-19(20)27(34-29)37-25;/h2*17-40H,1-16H2;. The van der Waals surface area contributed by atoms with Crippen molar-refractivity contribution >= 4 is 0 Å². The Balaban J connectivity index is 0.000000132. The fraction of sp³-hybridized carbons (Fsp3) is 1.00. The topological polar surface area (TPSA) is 192 Å². The molecule has 18 aliphatic rings. The predicted octanol–water partition coefficient (Wildman–Crippen LogP) is 5.21. The van der Waals surface area contributed by atoms with Crippen molar-refractivity contribution < 1.29 is 31.1 Å². The Labute approximate surface area is 511 Å². The molecular weight excluding hydrogens is 1230 g/mol. The molecule has 81 heavy (non-hydrogen) atoms. The van der Waals surface area contributed by atoms with Gasteiger partial charge >= 0.3 is 0 Å². The summed E-state index contributed by atoms with van der Waals surface area (Å²) in [5.41, 5.74) is 0. The molecule has 16 unspecified atom stereocenters. The molecule has 452 valence electrons. The number of nitrogens with one attached hydrogen (secondary N) is 16. The summed E-state index contributed by atoms with van der Waals surface area (Å²) >= 11 is 0.